The molecule has 0 saturated heterocycles. The zero-order chi connectivity index (χ0) is 16.4. The maximum atomic E-state index is 12.0. The lowest BCUT2D eigenvalue weighted by molar-refractivity contribution is 0.00581. The number of nitrogens with zero attached hydrogens (tertiary/aromatic N) is 1. The van der Waals surface area contributed by atoms with Crippen LogP contribution >= 0.6 is 0 Å². The molecule has 0 aliphatic heterocycles. The molecule has 1 aliphatic carbocycles. The van der Waals surface area contributed by atoms with Crippen LogP contribution in [-0.2, 0) is 4.74 Å². The Hall–Kier alpha value is -0.810. The maximum absolute atomic E-state index is 12.0. The molecule has 1 fully saturated rings. The summed E-state index contributed by atoms with van der Waals surface area (Å²) in [6.07, 6.45) is 1.49. The molecule has 0 aromatic rings. The highest BCUT2D eigenvalue weighted by Gasteiger charge is 2.37. The fraction of sp³-hybridized carbons (Fsp3) is 0.938. The van der Waals surface area contributed by atoms with Crippen LogP contribution in [0.1, 0.15) is 60.8 Å². The van der Waals surface area contributed by atoms with Gasteiger partial charge in [0.25, 0.3) is 0 Å². The first-order valence-electron chi connectivity index (χ1n) is 7.80. The van der Waals surface area contributed by atoms with E-state index in [0.29, 0.717) is 6.42 Å². The fourth-order valence-electron chi connectivity index (χ4n) is 2.68. The predicted octanol–water partition coefficient (Wildman–Crippen LogP) is 2.52. The molecule has 5 heteroatoms. The fourth-order valence-corrected chi connectivity index (χ4v) is 2.68. The molecule has 124 valence electrons. The molecule has 0 aromatic carbocycles. The molecule has 2 N–H and O–H groups in total. The Kier molecular flexibility index (Phi) is 5.67. The molecule has 0 radical (unpaired) electrons. The first-order valence-corrected chi connectivity index (χ1v) is 7.80. The van der Waals surface area contributed by atoms with Crippen LogP contribution < -0.4 is 5.32 Å². The number of nitrogens with one attached hydrogen (secondary N) is 1. The number of hydrogen-bond donors (Lipinski definition) is 2. The first kappa shape index (κ1) is 18.2. The van der Waals surface area contributed by atoms with E-state index in [0.717, 1.165) is 12.8 Å². The van der Waals surface area contributed by atoms with E-state index < -0.39 is 5.60 Å². The van der Waals surface area contributed by atoms with Gasteiger partial charge in [0.15, 0.2) is 0 Å². The number of carbonyl (C=O) groups is 1. The molecule has 3 unspecified atom stereocenters. The molecule has 0 heterocycles. The monoisotopic (exact) mass is 300 g/mol. The van der Waals surface area contributed by atoms with Crippen molar-refractivity contribution in [3.63, 3.8) is 0 Å². The molecule has 3 atom stereocenters. The van der Waals surface area contributed by atoms with E-state index in [1.54, 1.807) is 0 Å². The summed E-state index contributed by atoms with van der Waals surface area (Å²) in [6.45, 7) is 12.0. The van der Waals surface area contributed by atoms with Crippen molar-refractivity contribution < 1.29 is 14.6 Å². The van der Waals surface area contributed by atoms with Gasteiger partial charge in [0, 0.05) is 17.6 Å². The van der Waals surface area contributed by atoms with Gasteiger partial charge >= 0.3 is 6.09 Å². The third kappa shape index (κ3) is 5.83. The van der Waals surface area contributed by atoms with Crippen LogP contribution in [0.2, 0.25) is 0 Å². The summed E-state index contributed by atoms with van der Waals surface area (Å²) >= 11 is 0. The average molecular weight is 300 g/mol. The number of likely N-dealkylation sites (N-methyl/N-ethyl adjacent to an activating group) is 1. The highest BCUT2D eigenvalue weighted by atomic mass is 16.6. The molecule has 0 aromatic heterocycles. The summed E-state index contributed by atoms with van der Waals surface area (Å²) in [7, 11) is 2.05. The Morgan fingerprint density at radius 2 is 1.76 bits per heavy atom. The molecule has 21 heavy (non-hydrogen) atoms. The lowest BCUT2D eigenvalue weighted by Gasteiger charge is -2.45. The summed E-state index contributed by atoms with van der Waals surface area (Å²) in [5.41, 5.74) is -0.515. The quantitative estimate of drug-likeness (QED) is 0.822. The third-order valence-electron chi connectivity index (χ3n) is 4.05. The van der Waals surface area contributed by atoms with Crippen LogP contribution in [0.5, 0.6) is 0 Å². The SMILES string of the molecule is CN(C1CC(O)CCC1NC(=O)OC(C)(C)C)C(C)(C)C. The Labute approximate surface area is 129 Å². The van der Waals surface area contributed by atoms with Gasteiger partial charge in [0.2, 0.25) is 0 Å². The van der Waals surface area contributed by atoms with E-state index in [-0.39, 0.29) is 29.8 Å². The van der Waals surface area contributed by atoms with Crippen molar-refractivity contribution in [2.24, 2.45) is 0 Å². The van der Waals surface area contributed by atoms with Crippen LogP contribution in [0.4, 0.5) is 4.79 Å². The van der Waals surface area contributed by atoms with E-state index >= 15 is 0 Å². The molecular weight excluding hydrogens is 268 g/mol. The standard InChI is InChI=1S/C16H32N2O3/c1-15(2,3)18(7)13-10-11(19)8-9-12(13)17-14(20)21-16(4,5)6/h11-13,19H,8-10H2,1-7H3,(H,17,20). The maximum Gasteiger partial charge on any atom is 0.407 e. The van der Waals surface area contributed by atoms with Gasteiger partial charge in [-0.25, -0.2) is 4.79 Å². The second-order valence-electron chi connectivity index (χ2n) is 8.07. The van der Waals surface area contributed by atoms with Crippen LogP contribution in [0.3, 0.4) is 0 Å². The Morgan fingerprint density at radius 3 is 2.24 bits per heavy atom. The van der Waals surface area contributed by atoms with Crippen LogP contribution in [-0.4, -0.2) is 52.5 Å². The topological polar surface area (TPSA) is 61.8 Å². The van der Waals surface area contributed by atoms with Gasteiger partial charge in [-0.3, -0.25) is 4.90 Å². The summed E-state index contributed by atoms with van der Waals surface area (Å²) in [6, 6.07) is 0.119. The number of ether oxygens (including phenoxy) is 1. The highest BCUT2D eigenvalue weighted by molar-refractivity contribution is 5.68. The van der Waals surface area contributed by atoms with Gasteiger partial charge in [0.05, 0.1) is 6.10 Å². The summed E-state index contributed by atoms with van der Waals surface area (Å²) in [4.78, 5) is 14.2. The van der Waals surface area contributed by atoms with Gasteiger partial charge in [0.1, 0.15) is 5.60 Å². The van der Waals surface area contributed by atoms with Crippen LogP contribution in [0.25, 0.3) is 0 Å². The number of hydrogen-bond acceptors (Lipinski definition) is 4. The molecule has 5 nitrogen and oxygen atoms in total. The van der Waals surface area contributed by atoms with E-state index in [2.05, 4.69) is 31.0 Å². The van der Waals surface area contributed by atoms with Crippen molar-refractivity contribution in [2.45, 2.75) is 90.1 Å². The molecule has 1 rings (SSSR count). The first-order chi connectivity index (χ1) is 9.40. The van der Waals surface area contributed by atoms with Crippen LogP contribution in [0.15, 0.2) is 0 Å². The molecule has 1 saturated carbocycles. The van der Waals surface area contributed by atoms with Crippen molar-refractivity contribution in [3.8, 4) is 0 Å². The van der Waals surface area contributed by atoms with E-state index in [9.17, 15) is 9.90 Å². The van der Waals surface area contributed by atoms with Crippen LogP contribution in [0, 0.1) is 0 Å². The Balaban J connectivity index is 2.75. The van der Waals surface area contributed by atoms with Gasteiger partial charge in [-0.05, 0) is 67.9 Å². The van der Waals surface area contributed by atoms with Crippen molar-refractivity contribution >= 4 is 6.09 Å². The zero-order valence-electron chi connectivity index (χ0n) is 14.6. The summed E-state index contributed by atoms with van der Waals surface area (Å²) < 4.78 is 5.35. The third-order valence-corrected chi connectivity index (χ3v) is 4.05. The van der Waals surface area contributed by atoms with Gasteiger partial charge in [-0.15, -0.1) is 0 Å². The van der Waals surface area contributed by atoms with Gasteiger partial charge in [-0.1, -0.05) is 0 Å². The smallest absolute Gasteiger partial charge is 0.407 e. The Bertz CT molecular complexity index is 358. The number of amides is 1. The minimum atomic E-state index is -0.496. The second-order valence-corrected chi connectivity index (χ2v) is 8.07. The minimum absolute atomic E-state index is 0.00692. The number of carbonyl (C=O) groups excluding carboxylic acids is 1. The molecule has 1 amide bonds. The van der Waals surface area contributed by atoms with Gasteiger partial charge in [-0.2, -0.15) is 0 Å². The predicted molar refractivity (Wildman–Crippen MR) is 84.3 cm³/mol. The summed E-state index contributed by atoms with van der Waals surface area (Å²) in [5, 5.41) is 12.9. The average Bonchev–Trinajstić information content (AvgIpc) is 2.26. The second kappa shape index (κ2) is 6.53. The van der Waals surface area contributed by atoms with E-state index in [1.807, 2.05) is 27.8 Å². The lowest BCUT2D eigenvalue weighted by atomic mass is 9.85. The summed E-state index contributed by atoms with van der Waals surface area (Å²) in [5.74, 6) is 0. The largest absolute Gasteiger partial charge is 0.444 e. The van der Waals surface area contributed by atoms with Gasteiger partial charge < -0.3 is 15.2 Å². The minimum Gasteiger partial charge on any atom is -0.444 e. The number of aliphatic hydroxyl groups excluding tert-OH is 1. The number of rotatable bonds is 2. The molecule has 0 spiro atoms. The van der Waals surface area contributed by atoms with Crippen molar-refractivity contribution in [1.82, 2.24) is 10.2 Å². The normalized spacial score (nSPS) is 27.6. The Morgan fingerprint density at radius 1 is 1.19 bits per heavy atom. The van der Waals surface area contributed by atoms with Crippen molar-refractivity contribution in [3.05, 3.63) is 0 Å². The lowest BCUT2D eigenvalue weighted by Crippen LogP contribution is -2.59. The molecule has 0 bridgehead atoms. The molecular formula is C16H32N2O3. The highest BCUT2D eigenvalue weighted by Crippen LogP contribution is 2.27. The van der Waals surface area contributed by atoms with E-state index in [1.165, 1.54) is 0 Å². The number of aliphatic hydroxyl groups is 1. The van der Waals surface area contributed by atoms with Crippen molar-refractivity contribution in [1.29, 1.82) is 0 Å². The number of alkyl carbamates (subject to hydrolysis) is 1. The van der Waals surface area contributed by atoms with E-state index in [4.69, 9.17) is 4.74 Å². The van der Waals surface area contributed by atoms with Crippen molar-refractivity contribution in [2.75, 3.05) is 7.05 Å². The zero-order valence-corrected chi connectivity index (χ0v) is 14.6. The molecule has 1 aliphatic rings.